The van der Waals surface area contributed by atoms with Gasteiger partial charge in [-0.2, -0.15) is 0 Å². The highest BCUT2D eigenvalue weighted by Gasteiger charge is 2.35. The summed E-state index contributed by atoms with van der Waals surface area (Å²) in [5.74, 6) is 1.56. The summed E-state index contributed by atoms with van der Waals surface area (Å²) in [7, 11) is 0. The Morgan fingerprint density at radius 3 is 2.27 bits per heavy atom. The van der Waals surface area contributed by atoms with Gasteiger partial charge in [-0.1, -0.05) is 72.8 Å². The number of hydrogen-bond donors (Lipinski definition) is 2. The summed E-state index contributed by atoms with van der Waals surface area (Å²) in [6.45, 7) is 4.20. The summed E-state index contributed by atoms with van der Waals surface area (Å²) >= 11 is 3.78. The number of aryl methyl sites for hydroxylation is 1. The molecule has 0 radical (unpaired) electrons. The molecule has 10 rings (SSSR count). The predicted octanol–water partition coefficient (Wildman–Crippen LogP) is 12.0. The van der Waals surface area contributed by atoms with Gasteiger partial charge in [-0.3, -0.25) is 0 Å². The van der Waals surface area contributed by atoms with Crippen LogP contribution in [0.1, 0.15) is 87.8 Å². The van der Waals surface area contributed by atoms with E-state index < -0.39 is 22.4 Å². The first-order chi connectivity index (χ1) is 29.3. The molecule has 15 heteroatoms. The second-order valence-electron chi connectivity index (χ2n) is 15.8. The highest BCUT2D eigenvalue weighted by atomic mass is 32.2. The van der Waals surface area contributed by atoms with Gasteiger partial charge in [-0.05, 0) is 103 Å². The molecule has 2 saturated carbocycles. The topological polar surface area (TPSA) is 155 Å². The van der Waals surface area contributed by atoms with E-state index in [0.29, 0.717) is 33.8 Å². The molecule has 9 nitrogen and oxygen atoms in total. The van der Waals surface area contributed by atoms with E-state index in [1.807, 2.05) is 23.6 Å². The van der Waals surface area contributed by atoms with E-state index in [1.165, 1.54) is 29.1 Å². The average Bonchev–Trinajstić information content (AvgIpc) is 3.68. The standard InChI is InChI=1S/C45H45N7O2S6/c1-3-4-21-59(53)44-37(46)36-31(24-33(51-43(36)57-44)41-48-18-20-56-41)39-25(2)49-34(52(39)28-15-16-28)22-27-17-19-55-40(27)32-23-30(26-11-7-5-8-12-26)35-38(47)45(58-42(35)50-32)60(54)29-13-9-6-10-14-29/h5,7-8,11-12,17-20,23-24,28-29H,3-4,6,9-10,13-16,21-22,46-47H2,1-2H3. The number of fused-ring (bicyclic) bond motifs is 2. The van der Waals surface area contributed by atoms with Crippen molar-refractivity contribution in [2.75, 3.05) is 17.2 Å². The van der Waals surface area contributed by atoms with Gasteiger partial charge in [0.2, 0.25) is 8.42 Å². The summed E-state index contributed by atoms with van der Waals surface area (Å²) in [4.78, 5) is 23.0. The van der Waals surface area contributed by atoms with E-state index in [9.17, 15) is 9.11 Å². The Hall–Kier alpha value is -3.80. The van der Waals surface area contributed by atoms with Gasteiger partial charge in [0, 0.05) is 51.6 Å². The molecule has 0 saturated heterocycles. The molecule has 0 aliphatic heterocycles. The molecule has 1 aromatic carbocycles. The van der Waals surface area contributed by atoms with Gasteiger partial charge < -0.3 is 25.1 Å². The number of nitrogens with zero attached hydrogens (tertiary/aromatic N) is 5. The molecule has 2 fully saturated rings. The van der Waals surface area contributed by atoms with E-state index in [0.717, 1.165) is 137 Å². The second kappa shape index (κ2) is 16.8. The SMILES string of the molecule is CCCC[S+]([O-])c1sc2nc(-c3nccs3)cc(-c3c(C)nc(Cc4ccsc4-c4cc(-c5ccccc5)c5c(N)c([S+]([O-])C6CCCCC6)sc5n4)n3C3CC3)c2c1N. The van der Waals surface area contributed by atoms with Crippen molar-refractivity contribution < 1.29 is 9.11 Å². The lowest BCUT2D eigenvalue weighted by atomic mass is 10.0. The minimum absolute atomic E-state index is 0.136. The molecule has 7 heterocycles. The smallest absolute Gasteiger partial charge is 0.232 e. The molecular weight excluding hydrogens is 863 g/mol. The number of thiazole rings is 1. The third-order valence-corrected chi connectivity index (χ3v) is 19.7. The van der Waals surface area contributed by atoms with Crippen LogP contribution in [0.4, 0.5) is 11.4 Å². The average molecular weight is 908 g/mol. The summed E-state index contributed by atoms with van der Waals surface area (Å²) < 4.78 is 31.5. The first-order valence-electron chi connectivity index (χ1n) is 20.6. The molecule has 2 aliphatic carbocycles. The maximum Gasteiger partial charge on any atom is 0.232 e. The zero-order valence-electron chi connectivity index (χ0n) is 33.4. The maximum atomic E-state index is 14.1. The second-order valence-corrected chi connectivity index (χ2v) is 23.3. The molecule has 2 atom stereocenters. The number of nitrogens with two attached hydrogens (primary N) is 2. The highest BCUT2D eigenvalue weighted by molar-refractivity contribution is 7.94. The molecule has 4 N–H and O–H groups in total. The number of hydrogen-bond acceptors (Lipinski definition) is 12. The number of rotatable bonds is 13. The van der Waals surface area contributed by atoms with Gasteiger partial charge in [-0.25, -0.2) is 19.9 Å². The van der Waals surface area contributed by atoms with E-state index in [1.54, 1.807) is 28.9 Å². The Bertz CT molecular complexity index is 2820. The molecular formula is C45H45N7O2S6. The number of pyridine rings is 2. The summed E-state index contributed by atoms with van der Waals surface area (Å²) in [5.41, 5.74) is 22.9. The molecule has 0 bridgehead atoms. The van der Waals surface area contributed by atoms with Gasteiger partial charge in [-0.15, -0.1) is 22.7 Å². The zero-order chi connectivity index (χ0) is 41.1. The van der Waals surface area contributed by atoms with Gasteiger partial charge in [0.1, 0.15) is 48.6 Å². The van der Waals surface area contributed by atoms with Crippen molar-refractivity contribution in [3.05, 3.63) is 82.6 Å². The molecule has 8 aromatic rings. The fourth-order valence-corrected chi connectivity index (χ4v) is 16.1. The molecule has 2 unspecified atom stereocenters. The van der Waals surface area contributed by atoms with Crippen LogP contribution in [0.2, 0.25) is 0 Å². The van der Waals surface area contributed by atoms with Crippen LogP contribution in [0, 0.1) is 6.92 Å². The fourth-order valence-electron chi connectivity index (χ4n) is 8.58. The van der Waals surface area contributed by atoms with Crippen LogP contribution in [0.3, 0.4) is 0 Å². The summed E-state index contributed by atoms with van der Waals surface area (Å²) in [6.07, 6.45) is 11.8. The lowest BCUT2D eigenvalue weighted by Gasteiger charge is -2.23. The van der Waals surface area contributed by atoms with Crippen LogP contribution in [-0.4, -0.2) is 44.6 Å². The van der Waals surface area contributed by atoms with Gasteiger partial charge in [0.15, 0.2) is 0 Å². The first kappa shape index (κ1) is 40.3. The minimum Gasteiger partial charge on any atom is -0.611 e. The Morgan fingerprint density at radius 1 is 0.817 bits per heavy atom. The number of unbranched alkanes of at least 4 members (excludes halogenated alkanes) is 1. The Balaban J connectivity index is 1.08. The van der Waals surface area contributed by atoms with Crippen molar-refractivity contribution in [2.45, 2.75) is 97.8 Å². The lowest BCUT2D eigenvalue weighted by Crippen LogP contribution is -2.24. The number of nitrogen functional groups attached to an aromatic ring is 2. The molecule has 0 amide bonds. The maximum absolute atomic E-state index is 14.1. The van der Waals surface area contributed by atoms with Crippen molar-refractivity contribution >= 4 is 99.5 Å². The zero-order valence-corrected chi connectivity index (χ0v) is 38.3. The van der Waals surface area contributed by atoms with Gasteiger partial charge in [0.05, 0.1) is 22.0 Å². The van der Waals surface area contributed by atoms with Crippen LogP contribution in [0.5, 0.6) is 0 Å². The van der Waals surface area contributed by atoms with Crippen LogP contribution >= 0.6 is 45.3 Å². The van der Waals surface area contributed by atoms with Crippen molar-refractivity contribution in [1.29, 1.82) is 0 Å². The van der Waals surface area contributed by atoms with Gasteiger partial charge >= 0.3 is 0 Å². The third kappa shape index (κ3) is 7.38. The first-order valence-corrected chi connectivity index (χ1v) is 26.6. The normalized spacial score (nSPS) is 16.0. The highest BCUT2D eigenvalue weighted by Crippen LogP contribution is 2.49. The van der Waals surface area contributed by atoms with E-state index in [4.69, 9.17) is 26.4 Å². The number of imidazole rings is 1. The van der Waals surface area contributed by atoms with Crippen molar-refractivity contribution in [2.24, 2.45) is 0 Å². The largest absolute Gasteiger partial charge is 0.611 e. The van der Waals surface area contributed by atoms with E-state index >= 15 is 0 Å². The van der Waals surface area contributed by atoms with Gasteiger partial charge in [0.25, 0.3) is 0 Å². The number of benzene rings is 1. The molecule has 2 aliphatic rings. The summed E-state index contributed by atoms with van der Waals surface area (Å²) in [5, 5.41) is 6.81. The van der Waals surface area contributed by atoms with Crippen LogP contribution in [-0.2, 0) is 28.8 Å². The van der Waals surface area contributed by atoms with E-state index in [-0.39, 0.29) is 5.25 Å². The summed E-state index contributed by atoms with van der Waals surface area (Å²) in [6, 6.07) is 17.1. The lowest BCUT2D eigenvalue weighted by molar-refractivity contribution is 0.484. The van der Waals surface area contributed by atoms with Crippen molar-refractivity contribution in [3.63, 3.8) is 0 Å². The quantitative estimate of drug-likeness (QED) is 0.108. The molecule has 0 spiro atoms. The Kier molecular flexibility index (Phi) is 11.3. The number of anilines is 2. The van der Waals surface area contributed by atoms with Crippen LogP contribution < -0.4 is 11.5 Å². The Morgan fingerprint density at radius 2 is 1.53 bits per heavy atom. The molecule has 308 valence electrons. The Labute approximate surface area is 371 Å². The van der Waals surface area contributed by atoms with E-state index in [2.05, 4.69) is 59.1 Å². The number of aromatic nitrogens is 5. The molecule has 7 aromatic heterocycles. The monoisotopic (exact) mass is 907 g/mol. The van der Waals surface area contributed by atoms with Crippen molar-refractivity contribution in [1.82, 2.24) is 24.5 Å². The number of thiophene rings is 3. The van der Waals surface area contributed by atoms with Crippen LogP contribution in [0.25, 0.3) is 64.1 Å². The fraction of sp³-hybridized carbons (Fsp3) is 0.333. The minimum atomic E-state index is -1.22. The third-order valence-electron chi connectivity index (χ3n) is 11.6. The predicted molar refractivity (Wildman–Crippen MR) is 254 cm³/mol. The van der Waals surface area contributed by atoms with Crippen molar-refractivity contribution in [3.8, 4) is 43.7 Å². The van der Waals surface area contributed by atoms with Crippen LogP contribution in [0.15, 0.2) is 73.9 Å². The molecule has 60 heavy (non-hydrogen) atoms.